The Morgan fingerprint density at radius 2 is 2.27 bits per heavy atom. The zero-order valence-electron chi connectivity index (χ0n) is 7.63. The zero-order valence-corrected chi connectivity index (χ0v) is 7.63. The van der Waals surface area contributed by atoms with Gasteiger partial charge in [-0.05, 0) is 21.0 Å². The lowest BCUT2D eigenvalue weighted by molar-refractivity contribution is 0.0430. The van der Waals surface area contributed by atoms with E-state index in [4.69, 9.17) is 4.74 Å². The molecule has 3 heteroatoms. The van der Waals surface area contributed by atoms with Crippen LogP contribution in [0.25, 0.3) is 0 Å². The maximum atomic E-state index is 5.41. The Morgan fingerprint density at radius 3 is 2.82 bits per heavy atom. The average molecular weight is 160 g/mol. The van der Waals surface area contributed by atoms with Crippen molar-refractivity contribution in [3.8, 4) is 0 Å². The van der Waals surface area contributed by atoms with Crippen molar-refractivity contribution >= 4 is 0 Å². The third-order valence-corrected chi connectivity index (χ3v) is 1.79. The molecule has 1 aliphatic heterocycles. The van der Waals surface area contributed by atoms with Gasteiger partial charge in [-0.2, -0.15) is 0 Å². The van der Waals surface area contributed by atoms with Crippen LogP contribution in [0.3, 0.4) is 0 Å². The highest BCUT2D eigenvalue weighted by Crippen LogP contribution is 1.99. The number of nitrogens with one attached hydrogen (secondary N) is 1. The molecule has 1 heterocycles. The number of likely N-dealkylation sites (N-methyl/N-ethyl adjacent to an activating group) is 1. The van der Waals surface area contributed by atoms with Crippen LogP contribution in [0.2, 0.25) is 0 Å². The van der Waals surface area contributed by atoms with Crippen LogP contribution in [-0.4, -0.2) is 50.8 Å². The highest BCUT2D eigenvalue weighted by Gasteiger charge is 2.17. The summed E-state index contributed by atoms with van der Waals surface area (Å²) in [5.41, 5.74) is 0. The molecule has 0 spiro atoms. The molecule has 1 aliphatic rings. The molecule has 0 bridgehead atoms. The number of hydrogen-bond acceptors (Lipinski definition) is 3. The summed E-state index contributed by atoms with van der Waals surface area (Å²) in [6.45, 7) is 4.92. The van der Waals surface area contributed by atoms with E-state index in [1.165, 1.54) is 0 Å². The standard InChI is InChI=1S/C8H18N2O.H2/c1-7-5-11-6-8(9-7)4-10(2)3;/h7-9H,4-6H2,1-3H3;1H/t7?,8-;/m1./s1. The smallest absolute Gasteiger partial charge is 0.0633 e. The molecule has 1 N–H and O–H groups in total. The maximum Gasteiger partial charge on any atom is 0.0633 e. The Labute approximate surface area is 70.2 Å². The summed E-state index contributed by atoms with van der Waals surface area (Å²) in [6.07, 6.45) is 0. The minimum absolute atomic E-state index is 0. The number of hydrogen-bond donors (Lipinski definition) is 1. The van der Waals surface area contributed by atoms with Crippen molar-refractivity contribution in [2.45, 2.75) is 19.0 Å². The van der Waals surface area contributed by atoms with Gasteiger partial charge in [-0.25, -0.2) is 0 Å². The molecule has 2 atom stereocenters. The Morgan fingerprint density at radius 1 is 1.55 bits per heavy atom. The quantitative estimate of drug-likeness (QED) is 0.623. The van der Waals surface area contributed by atoms with E-state index in [9.17, 15) is 0 Å². The summed E-state index contributed by atoms with van der Waals surface area (Å²) in [5, 5.41) is 3.48. The Balaban J connectivity index is 0.00000121. The fraction of sp³-hybridized carbons (Fsp3) is 1.00. The molecule has 0 aromatic rings. The summed E-state index contributed by atoms with van der Waals surface area (Å²) in [5.74, 6) is 0. The summed E-state index contributed by atoms with van der Waals surface area (Å²) in [7, 11) is 4.17. The van der Waals surface area contributed by atoms with Crippen molar-refractivity contribution in [3.05, 3.63) is 0 Å². The molecule has 1 fully saturated rings. The second-order valence-electron chi connectivity index (χ2n) is 3.56. The van der Waals surface area contributed by atoms with Crippen LogP contribution in [0.4, 0.5) is 0 Å². The molecular weight excluding hydrogens is 140 g/mol. The average Bonchev–Trinajstić information content (AvgIpc) is 1.85. The van der Waals surface area contributed by atoms with Gasteiger partial charge in [0.1, 0.15) is 0 Å². The van der Waals surface area contributed by atoms with E-state index >= 15 is 0 Å². The fourth-order valence-electron chi connectivity index (χ4n) is 1.43. The molecule has 1 unspecified atom stereocenters. The Kier molecular flexibility index (Phi) is 3.30. The minimum atomic E-state index is 0. The molecule has 3 nitrogen and oxygen atoms in total. The van der Waals surface area contributed by atoms with Crippen LogP contribution < -0.4 is 5.32 Å². The molecule has 11 heavy (non-hydrogen) atoms. The summed E-state index contributed by atoms with van der Waals surface area (Å²) in [4.78, 5) is 2.18. The molecule has 1 saturated heterocycles. The second kappa shape index (κ2) is 4.04. The highest BCUT2D eigenvalue weighted by molar-refractivity contribution is 4.77. The van der Waals surface area contributed by atoms with Gasteiger partial charge in [-0.1, -0.05) is 0 Å². The van der Waals surface area contributed by atoms with Crippen molar-refractivity contribution in [2.75, 3.05) is 33.9 Å². The van der Waals surface area contributed by atoms with Crippen LogP contribution in [0.1, 0.15) is 8.35 Å². The van der Waals surface area contributed by atoms with Crippen molar-refractivity contribution in [1.82, 2.24) is 10.2 Å². The van der Waals surface area contributed by atoms with E-state index in [2.05, 4.69) is 31.2 Å². The van der Waals surface area contributed by atoms with Gasteiger partial charge in [0.2, 0.25) is 0 Å². The lowest BCUT2D eigenvalue weighted by atomic mass is 10.2. The fourth-order valence-corrected chi connectivity index (χ4v) is 1.43. The van der Waals surface area contributed by atoms with Gasteiger partial charge in [0.05, 0.1) is 13.2 Å². The monoisotopic (exact) mass is 160 g/mol. The van der Waals surface area contributed by atoms with Gasteiger partial charge >= 0.3 is 0 Å². The van der Waals surface area contributed by atoms with Crippen LogP contribution in [0.5, 0.6) is 0 Å². The molecule has 0 amide bonds. The zero-order chi connectivity index (χ0) is 8.27. The van der Waals surface area contributed by atoms with E-state index in [-0.39, 0.29) is 1.43 Å². The first-order valence-corrected chi connectivity index (χ1v) is 4.17. The van der Waals surface area contributed by atoms with Gasteiger partial charge in [-0.15, -0.1) is 0 Å². The van der Waals surface area contributed by atoms with Gasteiger partial charge in [-0.3, -0.25) is 0 Å². The molecular formula is C8H20N2O. The number of ether oxygens (including phenoxy) is 1. The van der Waals surface area contributed by atoms with Crippen LogP contribution >= 0.6 is 0 Å². The van der Waals surface area contributed by atoms with E-state index in [1.807, 2.05) is 0 Å². The van der Waals surface area contributed by atoms with Crippen molar-refractivity contribution < 1.29 is 6.16 Å². The first kappa shape index (κ1) is 8.97. The predicted molar refractivity (Wildman–Crippen MR) is 47.9 cm³/mol. The van der Waals surface area contributed by atoms with Crippen molar-refractivity contribution in [2.24, 2.45) is 0 Å². The maximum absolute atomic E-state index is 5.41. The molecule has 0 aliphatic carbocycles. The SMILES string of the molecule is CC1COC[C@@H](CN(C)C)N1.[HH]. The largest absolute Gasteiger partial charge is 0.378 e. The van der Waals surface area contributed by atoms with E-state index in [0.717, 1.165) is 19.8 Å². The minimum Gasteiger partial charge on any atom is -0.378 e. The number of morpholine rings is 1. The second-order valence-corrected chi connectivity index (χ2v) is 3.56. The van der Waals surface area contributed by atoms with Crippen LogP contribution in [-0.2, 0) is 4.74 Å². The third-order valence-electron chi connectivity index (χ3n) is 1.79. The van der Waals surface area contributed by atoms with Gasteiger partial charge in [0.25, 0.3) is 0 Å². The first-order chi connectivity index (χ1) is 5.18. The lowest BCUT2D eigenvalue weighted by Crippen LogP contribution is -2.51. The topological polar surface area (TPSA) is 24.5 Å². The normalized spacial score (nSPS) is 32.7. The molecule has 68 valence electrons. The lowest BCUT2D eigenvalue weighted by Gasteiger charge is -2.30. The summed E-state index contributed by atoms with van der Waals surface area (Å²) < 4.78 is 5.41. The highest BCUT2D eigenvalue weighted by atomic mass is 16.5. The molecule has 0 radical (unpaired) electrons. The summed E-state index contributed by atoms with van der Waals surface area (Å²) >= 11 is 0. The Hall–Kier alpha value is -0.120. The predicted octanol–water partition coefficient (Wildman–Crippen LogP) is 0.171. The first-order valence-electron chi connectivity index (χ1n) is 4.17. The number of nitrogens with zero attached hydrogens (tertiary/aromatic N) is 1. The van der Waals surface area contributed by atoms with Gasteiger partial charge in [0, 0.05) is 20.1 Å². The Bertz CT molecular complexity index is 120. The number of rotatable bonds is 2. The van der Waals surface area contributed by atoms with Gasteiger partial charge < -0.3 is 15.0 Å². The van der Waals surface area contributed by atoms with E-state index < -0.39 is 0 Å². The molecule has 0 saturated carbocycles. The molecule has 0 aromatic heterocycles. The third kappa shape index (κ3) is 3.18. The van der Waals surface area contributed by atoms with Crippen molar-refractivity contribution in [1.29, 1.82) is 0 Å². The molecule has 0 aromatic carbocycles. The van der Waals surface area contributed by atoms with E-state index in [0.29, 0.717) is 12.1 Å². The van der Waals surface area contributed by atoms with Gasteiger partial charge in [0.15, 0.2) is 0 Å². The van der Waals surface area contributed by atoms with Crippen molar-refractivity contribution in [3.63, 3.8) is 0 Å². The van der Waals surface area contributed by atoms with Crippen LogP contribution in [0.15, 0.2) is 0 Å². The molecule has 1 rings (SSSR count). The van der Waals surface area contributed by atoms with E-state index in [1.54, 1.807) is 0 Å². The van der Waals surface area contributed by atoms with Crippen LogP contribution in [0, 0.1) is 0 Å². The summed E-state index contributed by atoms with van der Waals surface area (Å²) in [6, 6.07) is 1.02.